The van der Waals surface area contributed by atoms with Crippen molar-refractivity contribution in [2.75, 3.05) is 13.6 Å². The van der Waals surface area contributed by atoms with Crippen LogP contribution in [0.3, 0.4) is 0 Å². The number of ketones is 2. The fourth-order valence-electron chi connectivity index (χ4n) is 9.21. The second-order valence-corrected chi connectivity index (χ2v) is 16.6. The number of carbonyl (C=O) groups is 4. The number of halogens is 1. The maximum atomic E-state index is 16.8. The monoisotopic (exact) mass is 781 g/mol. The first-order valence-electron chi connectivity index (χ1n) is 19.7. The molecule has 6 rings (SSSR count). The van der Waals surface area contributed by atoms with E-state index in [0.717, 1.165) is 23.4 Å². The smallest absolute Gasteiger partial charge is 0.408 e. The summed E-state index contributed by atoms with van der Waals surface area (Å²) in [5.41, 5.74) is -4.67. The Kier molecular flexibility index (Phi) is 11.8. The van der Waals surface area contributed by atoms with Gasteiger partial charge in [0.05, 0.1) is 41.4 Å². The number of aliphatic hydroxyl groups is 1. The Labute approximate surface area is 327 Å². The summed E-state index contributed by atoms with van der Waals surface area (Å²) in [5, 5.41) is 15.3. The fraction of sp³-hybridized carbons (Fsp3) is 0.643. The summed E-state index contributed by atoms with van der Waals surface area (Å²) in [7, 11) is 1.88. The summed E-state index contributed by atoms with van der Waals surface area (Å²) < 4.78 is 47.9. The molecule has 306 valence electrons. The number of pyridine rings is 1. The zero-order chi connectivity index (χ0) is 40.9. The van der Waals surface area contributed by atoms with Gasteiger partial charge in [-0.25, -0.2) is 14.0 Å². The zero-order valence-corrected chi connectivity index (χ0v) is 33.7. The van der Waals surface area contributed by atoms with Crippen molar-refractivity contribution < 1.29 is 52.4 Å². The lowest BCUT2D eigenvalue weighted by Gasteiger charge is -2.46. The van der Waals surface area contributed by atoms with Crippen LogP contribution in [-0.2, 0) is 38.1 Å². The van der Waals surface area contributed by atoms with Crippen LogP contribution in [0.25, 0.3) is 17.0 Å². The average Bonchev–Trinajstić information content (AvgIpc) is 3.69. The third-order valence-corrected chi connectivity index (χ3v) is 12.6. The van der Waals surface area contributed by atoms with E-state index >= 15 is 4.39 Å². The molecule has 4 saturated heterocycles. The molecule has 2 aromatic rings. The number of likely N-dealkylation sites (N-methyl/N-ethyl adjacent to an activating group) is 1. The highest BCUT2D eigenvalue weighted by atomic mass is 19.1. The van der Waals surface area contributed by atoms with Gasteiger partial charge in [-0.1, -0.05) is 58.0 Å². The lowest BCUT2D eigenvalue weighted by atomic mass is 9.73. The minimum absolute atomic E-state index is 0.00296. The van der Waals surface area contributed by atoms with Gasteiger partial charge in [-0.15, -0.1) is 0 Å². The van der Waals surface area contributed by atoms with Crippen LogP contribution in [0.1, 0.15) is 80.2 Å². The molecule has 2 bridgehead atoms. The second kappa shape index (κ2) is 15.8. The van der Waals surface area contributed by atoms with Crippen LogP contribution in [0, 0.1) is 17.8 Å². The number of fused-ring (bicyclic) bond motifs is 4. The maximum absolute atomic E-state index is 16.8. The largest absolute Gasteiger partial charge is 0.455 e. The number of aliphatic hydroxyl groups excluding tert-OH is 1. The summed E-state index contributed by atoms with van der Waals surface area (Å²) in [6.07, 6.45) is -1.17. The Hall–Kier alpha value is -3.82. The van der Waals surface area contributed by atoms with E-state index in [1.807, 2.05) is 62.2 Å². The average molecular weight is 782 g/mol. The van der Waals surface area contributed by atoms with Gasteiger partial charge in [-0.3, -0.25) is 14.6 Å². The minimum Gasteiger partial charge on any atom is -0.455 e. The van der Waals surface area contributed by atoms with Crippen LogP contribution in [-0.4, -0.2) is 118 Å². The molecule has 2 N–H and O–H groups in total. The molecule has 13 nitrogen and oxygen atoms in total. The molecule has 0 saturated carbocycles. The number of rotatable bonds is 7. The summed E-state index contributed by atoms with van der Waals surface area (Å²) in [4.78, 5) is 62.3. The van der Waals surface area contributed by atoms with E-state index in [-0.39, 0.29) is 30.8 Å². The van der Waals surface area contributed by atoms with Gasteiger partial charge in [0, 0.05) is 29.5 Å². The molecule has 1 aromatic heterocycles. The number of ether oxygens (including phenoxy) is 5. The van der Waals surface area contributed by atoms with Gasteiger partial charge in [0.2, 0.25) is 0 Å². The van der Waals surface area contributed by atoms with Crippen molar-refractivity contribution in [2.45, 2.75) is 140 Å². The molecular formula is C42H56FN3O10. The Morgan fingerprint density at radius 1 is 1.09 bits per heavy atom. The molecule has 4 aliphatic heterocycles. The Morgan fingerprint density at radius 2 is 1.80 bits per heavy atom. The molecule has 5 heterocycles. The van der Waals surface area contributed by atoms with Gasteiger partial charge in [0.1, 0.15) is 18.0 Å². The number of esters is 1. The van der Waals surface area contributed by atoms with Crippen LogP contribution >= 0.6 is 0 Å². The van der Waals surface area contributed by atoms with Gasteiger partial charge in [-0.2, -0.15) is 0 Å². The standard InChI is InChI=1S/C42H56FN3O10/c1-10-31-42(8)34(45-39(51)56-42)23(4)32(47)27-20-40(6,55-30(27)17-16-25-19-26-14-12-13-15-28(26)44-21-25)36(24(5)35(49)41(7,43)38(50)53-31)54-37-33(48)29(46(9)11-2)18-22(3)52-37/h12-17,19,21-24,27,29-31,33-34,36-37,48H,10-11,18,20H2,1-9H3,(H,45,51)/b17-16+/t22-,23+,24+,27+,29+,30?,31-,33-,34-,36-,37+,40-,41+,42-/m1/s1. The number of cyclic esters (lactones) is 1. The number of amides is 1. The van der Waals surface area contributed by atoms with Crippen LogP contribution in [0.4, 0.5) is 9.18 Å². The fourth-order valence-corrected chi connectivity index (χ4v) is 9.21. The van der Waals surface area contributed by atoms with E-state index in [0.29, 0.717) is 13.0 Å². The van der Waals surface area contributed by atoms with E-state index < -0.39 is 89.2 Å². The Balaban J connectivity index is 1.46. The number of carbonyl (C=O) groups excluding carboxylic acids is 4. The molecule has 4 aliphatic rings. The number of hydrogen-bond acceptors (Lipinski definition) is 12. The van der Waals surface area contributed by atoms with Crippen molar-refractivity contribution in [1.29, 1.82) is 0 Å². The molecule has 1 amide bonds. The van der Waals surface area contributed by atoms with Crippen molar-refractivity contribution in [3.05, 3.63) is 48.2 Å². The van der Waals surface area contributed by atoms with E-state index in [1.54, 1.807) is 33.0 Å². The number of nitrogens with zero attached hydrogens (tertiary/aromatic N) is 2. The van der Waals surface area contributed by atoms with E-state index in [2.05, 4.69) is 10.3 Å². The summed E-state index contributed by atoms with van der Waals surface area (Å²) in [6.45, 7) is 13.3. The van der Waals surface area contributed by atoms with Gasteiger partial charge in [-0.05, 0) is 78.2 Å². The van der Waals surface area contributed by atoms with Crippen molar-refractivity contribution in [3.63, 3.8) is 0 Å². The molecule has 14 heteroatoms. The lowest BCUT2D eigenvalue weighted by Crippen LogP contribution is -2.60. The summed E-state index contributed by atoms with van der Waals surface area (Å²) in [6, 6.07) is 8.28. The quantitative estimate of drug-likeness (QED) is 0.288. The normalized spacial score (nSPS) is 41.0. The second-order valence-electron chi connectivity index (χ2n) is 16.6. The highest BCUT2D eigenvalue weighted by molar-refractivity contribution is 6.08. The first kappa shape index (κ1) is 41.8. The molecule has 0 radical (unpaired) electrons. The summed E-state index contributed by atoms with van der Waals surface area (Å²) in [5.74, 6) is -6.03. The Bertz CT molecular complexity index is 1860. The number of alkyl halides is 1. The number of Topliss-reactive ketones (excluding diaryl/α,β-unsaturated/α-hetero) is 2. The van der Waals surface area contributed by atoms with Crippen LogP contribution in [0.15, 0.2) is 42.6 Å². The first-order chi connectivity index (χ1) is 26.3. The molecule has 1 unspecified atom stereocenters. The van der Waals surface area contributed by atoms with E-state index in [1.165, 1.54) is 13.8 Å². The van der Waals surface area contributed by atoms with Crippen LogP contribution in [0.2, 0.25) is 0 Å². The number of alkyl carbamates (subject to hydrolysis) is 1. The van der Waals surface area contributed by atoms with Gasteiger partial charge in [0.15, 0.2) is 17.7 Å². The van der Waals surface area contributed by atoms with Gasteiger partial charge >= 0.3 is 12.1 Å². The topological polar surface area (TPSA) is 163 Å². The van der Waals surface area contributed by atoms with Crippen molar-refractivity contribution in [2.24, 2.45) is 17.8 Å². The number of benzene rings is 1. The minimum atomic E-state index is -3.18. The van der Waals surface area contributed by atoms with E-state index in [4.69, 9.17) is 23.7 Å². The van der Waals surface area contributed by atoms with Crippen LogP contribution in [0.5, 0.6) is 0 Å². The third-order valence-electron chi connectivity index (χ3n) is 12.6. The number of hydrogen-bond donors (Lipinski definition) is 2. The predicted molar refractivity (Wildman–Crippen MR) is 204 cm³/mol. The van der Waals surface area contributed by atoms with E-state index in [9.17, 15) is 24.3 Å². The molecular weight excluding hydrogens is 725 g/mol. The van der Waals surface area contributed by atoms with Crippen molar-refractivity contribution in [1.82, 2.24) is 15.2 Å². The SMILES string of the molecule is CC[C@H]1OC(=O)[C@@](C)(F)C(=O)[C@H](C)[C@@H](O[C@@H]2O[C@H](C)C[C@H](N(C)CC)[C@H]2O)[C@@]2(C)C[C@H](C(=O)[C@H](C)[C@H]3NC(=O)O[C@@]31C)C(/C=C/c1cnc3ccccc3c1)O2. The maximum Gasteiger partial charge on any atom is 0.408 e. The van der Waals surface area contributed by atoms with Crippen LogP contribution < -0.4 is 5.32 Å². The Morgan fingerprint density at radius 3 is 2.50 bits per heavy atom. The third kappa shape index (κ3) is 7.62. The molecule has 14 atom stereocenters. The van der Waals surface area contributed by atoms with Gasteiger partial charge in [0.25, 0.3) is 5.67 Å². The van der Waals surface area contributed by atoms with Crippen molar-refractivity contribution in [3.8, 4) is 0 Å². The summed E-state index contributed by atoms with van der Waals surface area (Å²) >= 11 is 0. The molecule has 4 fully saturated rings. The molecule has 0 aliphatic carbocycles. The lowest BCUT2D eigenvalue weighted by molar-refractivity contribution is -0.294. The van der Waals surface area contributed by atoms with Gasteiger partial charge < -0.3 is 39.0 Å². The first-order valence-corrected chi connectivity index (χ1v) is 19.7. The zero-order valence-electron chi connectivity index (χ0n) is 33.7. The molecule has 1 aromatic carbocycles. The number of para-hydroxylation sites is 1. The molecule has 56 heavy (non-hydrogen) atoms. The number of nitrogens with one attached hydrogen (secondary N) is 1. The molecule has 0 spiro atoms. The number of aromatic nitrogens is 1. The van der Waals surface area contributed by atoms with Crippen molar-refractivity contribution >= 4 is 40.6 Å². The highest BCUT2D eigenvalue weighted by Crippen LogP contribution is 2.47. The highest BCUT2D eigenvalue weighted by Gasteiger charge is 2.62. The predicted octanol–water partition coefficient (Wildman–Crippen LogP) is 4.95.